The number of amides is 1. The number of benzene rings is 2. The number of rotatable bonds is 6. The molecule has 1 aliphatic heterocycles. The first-order chi connectivity index (χ1) is 16.2. The van der Waals surface area contributed by atoms with Gasteiger partial charge in [0.25, 0.3) is 0 Å². The van der Waals surface area contributed by atoms with Crippen LogP contribution in [0.25, 0.3) is 11.4 Å². The molecule has 1 fully saturated rings. The van der Waals surface area contributed by atoms with Gasteiger partial charge in [0.15, 0.2) is 0 Å². The molecule has 0 atom stereocenters. The summed E-state index contributed by atoms with van der Waals surface area (Å²) in [6, 6.07) is 10.5. The summed E-state index contributed by atoms with van der Waals surface area (Å²) in [5, 5.41) is 7.43. The first-order valence-corrected chi connectivity index (χ1v) is 13.0. The zero-order valence-corrected chi connectivity index (χ0v) is 20.9. The van der Waals surface area contributed by atoms with E-state index in [1.54, 1.807) is 31.2 Å². The summed E-state index contributed by atoms with van der Waals surface area (Å²) in [5.41, 5.74) is 2.79. The van der Waals surface area contributed by atoms with Gasteiger partial charge in [-0.1, -0.05) is 41.9 Å². The zero-order chi connectivity index (χ0) is 24.5. The van der Waals surface area contributed by atoms with Gasteiger partial charge in [0.2, 0.25) is 27.6 Å². The largest absolute Gasteiger partial charge is 0.339 e. The van der Waals surface area contributed by atoms with E-state index in [4.69, 9.17) is 16.1 Å². The molecule has 34 heavy (non-hydrogen) atoms. The molecule has 0 aliphatic carbocycles. The molecule has 1 aromatic heterocycles. The second kappa shape index (κ2) is 9.85. The lowest BCUT2D eigenvalue weighted by molar-refractivity contribution is -0.120. The van der Waals surface area contributed by atoms with Crippen molar-refractivity contribution in [3.8, 4) is 11.4 Å². The Morgan fingerprint density at radius 2 is 1.85 bits per heavy atom. The molecule has 0 spiro atoms. The van der Waals surface area contributed by atoms with Gasteiger partial charge in [0, 0.05) is 41.7 Å². The number of hydrogen-bond donors (Lipinski definition) is 1. The number of sulfonamides is 1. The summed E-state index contributed by atoms with van der Waals surface area (Å²) in [6.45, 7) is 6.09. The number of piperidine rings is 1. The number of aromatic nitrogens is 2. The molecule has 1 saturated heterocycles. The van der Waals surface area contributed by atoms with Crippen molar-refractivity contribution in [2.75, 3.05) is 18.4 Å². The van der Waals surface area contributed by atoms with E-state index in [-0.39, 0.29) is 29.8 Å². The molecule has 2 heterocycles. The molecule has 3 aromatic rings. The number of halogens is 1. The predicted octanol–water partition coefficient (Wildman–Crippen LogP) is 4.61. The fourth-order valence-corrected chi connectivity index (χ4v) is 5.85. The number of carbonyl (C=O) groups excluding carboxylic acids is 1. The molecule has 2 aromatic carbocycles. The normalized spacial score (nSPS) is 15.4. The van der Waals surface area contributed by atoms with Crippen molar-refractivity contribution in [1.29, 1.82) is 0 Å². The second-order valence-electron chi connectivity index (χ2n) is 8.48. The molecular formula is C24H27ClN4O4S. The van der Waals surface area contributed by atoms with Gasteiger partial charge in [0.1, 0.15) is 0 Å². The maximum Gasteiger partial charge on any atom is 0.243 e. The minimum absolute atomic E-state index is 0.126. The van der Waals surface area contributed by atoms with Crippen LogP contribution in [0, 0.1) is 19.8 Å². The van der Waals surface area contributed by atoms with Gasteiger partial charge in [-0.3, -0.25) is 4.79 Å². The number of aryl methyl sites for hydroxylation is 3. The van der Waals surface area contributed by atoms with Gasteiger partial charge >= 0.3 is 0 Å². The molecule has 0 unspecified atom stereocenters. The summed E-state index contributed by atoms with van der Waals surface area (Å²) in [4.78, 5) is 17.2. The minimum Gasteiger partial charge on any atom is -0.339 e. The maximum atomic E-state index is 13.4. The van der Waals surface area contributed by atoms with E-state index >= 15 is 0 Å². The van der Waals surface area contributed by atoms with Crippen molar-refractivity contribution in [3.63, 3.8) is 0 Å². The molecule has 1 N–H and O–H groups in total. The Hall–Kier alpha value is -2.75. The highest BCUT2D eigenvalue weighted by molar-refractivity contribution is 7.89. The van der Waals surface area contributed by atoms with Crippen LogP contribution in [0.3, 0.4) is 0 Å². The van der Waals surface area contributed by atoms with E-state index in [9.17, 15) is 13.2 Å². The van der Waals surface area contributed by atoms with Crippen molar-refractivity contribution >= 4 is 33.2 Å². The molecular weight excluding hydrogens is 476 g/mol. The average molecular weight is 503 g/mol. The van der Waals surface area contributed by atoms with E-state index < -0.39 is 10.0 Å². The van der Waals surface area contributed by atoms with E-state index in [0.717, 1.165) is 5.56 Å². The molecule has 180 valence electrons. The predicted molar refractivity (Wildman–Crippen MR) is 130 cm³/mol. The van der Waals surface area contributed by atoms with Crippen molar-refractivity contribution < 1.29 is 17.7 Å². The highest BCUT2D eigenvalue weighted by atomic mass is 35.5. The van der Waals surface area contributed by atoms with Crippen LogP contribution in [0.4, 0.5) is 5.69 Å². The van der Waals surface area contributed by atoms with Gasteiger partial charge in [-0.15, -0.1) is 0 Å². The van der Waals surface area contributed by atoms with Crippen LogP contribution in [-0.4, -0.2) is 41.9 Å². The zero-order valence-electron chi connectivity index (χ0n) is 19.3. The Morgan fingerprint density at radius 1 is 1.15 bits per heavy atom. The summed E-state index contributed by atoms with van der Waals surface area (Å²) in [7, 11) is -3.74. The van der Waals surface area contributed by atoms with Gasteiger partial charge in [-0.2, -0.15) is 9.29 Å². The van der Waals surface area contributed by atoms with Crippen LogP contribution in [0.2, 0.25) is 5.02 Å². The third-order valence-electron chi connectivity index (χ3n) is 6.10. The summed E-state index contributed by atoms with van der Waals surface area (Å²) >= 11 is 6.14. The third kappa shape index (κ3) is 5.01. The fourth-order valence-electron chi connectivity index (χ4n) is 3.95. The van der Waals surface area contributed by atoms with Crippen LogP contribution in [0.15, 0.2) is 45.8 Å². The second-order valence-corrected chi connectivity index (χ2v) is 10.8. The molecule has 8 nitrogen and oxygen atoms in total. The quantitative estimate of drug-likeness (QED) is 0.527. The van der Waals surface area contributed by atoms with Crippen LogP contribution in [0.1, 0.15) is 36.8 Å². The van der Waals surface area contributed by atoms with E-state index in [0.29, 0.717) is 52.8 Å². The Kier molecular flexibility index (Phi) is 7.06. The van der Waals surface area contributed by atoms with Crippen molar-refractivity contribution in [1.82, 2.24) is 14.4 Å². The Morgan fingerprint density at radius 3 is 2.50 bits per heavy atom. The van der Waals surface area contributed by atoms with Crippen molar-refractivity contribution in [3.05, 3.63) is 58.4 Å². The third-order valence-corrected chi connectivity index (χ3v) is 8.55. The lowest BCUT2D eigenvalue weighted by atomic mass is 9.97. The molecule has 1 amide bonds. The molecule has 4 rings (SSSR count). The first kappa shape index (κ1) is 24.4. The first-order valence-electron chi connectivity index (χ1n) is 11.2. The van der Waals surface area contributed by atoms with Crippen LogP contribution >= 0.6 is 11.6 Å². The highest BCUT2D eigenvalue weighted by Gasteiger charge is 2.33. The van der Waals surface area contributed by atoms with Gasteiger partial charge < -0.3 is 9.84 Å². The fraction of sp³-hybridized carbons (Fsp3) is 0.375. The minimum atomic E-state index is -3.74. The molecule has 0 bridgehead atoms. The van der Waals surface area contributed by atoms with Crippen LogP contribution in [-0.2, 0) is 21.2 Å². The van der Waals surface area contributed by atoms with E-state index in [1.165, 1.54) is 4.31 Å². The number of nitrogens with zero attached hydrogens (tertiary/aromatic N) is 3. The van der Waals surface area contributed by atoms with Crippen LogP contribution in [0.5, 0.6) is 0 Å². The topological polar surface area (TPSA) is 105 Å². The van der Waals surface area contributed by atoms with Crippen molar-refractivity contribution in [2.45, 2.75) is 44.9 Å². The highest BCUT2D eigenvalue weighted by Crippen LogP contribution is 2.29. The standard InChI is InChI=1S/C24H27ClN4O4S/c1-4-22-27-23(28-33-22)18-7-5-16(3)21(13-18)34(31,32)29-11-9-17(10-12-29)24(30)26-19-8-6-15(2)20(25)14-19/h5-8,13-14,17H,4,9-12H2,1-3H3,(H,26,30). The summed E-state index contributed by atoms with van der Waals surface area (Å²) in [5.74, 6) is 0.456. The van der Waals surface area contributed by atoms with Crippen LogP contribution < -0.4 is 5.32 Å². The van der Waals surface area contributed by atoms with Gasteiger partial charge in [-0.05, 0) is 56.0 Å². The number of anilines is 1. The smallest absolute Gasteiger partial charge is 0.243 e. The van der Waals surface area contributed by atoms with Gasteiger partial charge in [0.05, 0.1) is 4.90 Å². The van der Waals surface area contributed by atoms with E-state index in [2.05, 4.69) is 15.5 Å². The number of nitrogens with one attached hydrogen (secondary N) is 1. The molecule has 0 saturated carbocycles. The number of hydrogen-bond acceptors (Lipinski definition) is 6. The van der Waals surface area contributed by atoms with E-state index in [1.807, 2.05) is 26.0 Å². The SMILES string of the molecule is CCc1nc(-c2ccc(C)c(S(=O)(=O)N3CCC(C(=O)Nc4ccc(C)c(Cl)c4)CC3)c2)no1. The summed E-state index contributed by atoms with van der Waals surface area (Å²) in [6.07, 6.45) is 1.48. The summed E-state index contributed by atoms with van der Waals surface area (Å²) < 4.78 is 33.5. The number of carbonyl (C=O) groups is 1. The molecule has 1 aliphatic rings. The molecule has 0 radical (unpaired) electrons. The Labute approximate surface area is 204 Å². The lowest BCUT2D eigenvalue weighted by Crippen LogP contribution is -2.41. The average Bonchev–Trinajstić information content (AvgIpc) is 3.31. The van der Waals surface area contributed by atoms with Gasteiger partial charge in [-0.25, -0.2) is 8.42 Å². The Bertz CT molecular complexity index is 1310. The lowest BCUT2D eigenvalue weighted by Gasteiger charge is -2.31. The Balaban J connectivity index is 1.46. The van der Waals surface area contributed by atoms with Crippen molar-refractivity contribution in [2.24, 2.45) is 5.92 Å². The monoisotopic (exact) mass is 502 g/mol. The molecule has 10 heteroatoms. The maximum absolute atomic E-state index is 13.4.